The zero-order valence-corrected chi connectivity index (χ0v) is 23.4. The van der Waals surface area contributed by atoms with E-state index < -0.39 is 12.3 Å². The quantitative estimate of drug-likeness (QED) is 0.181. The monoisotopic (exact) mass is 568 g/mol. The predicted molar refractivity (Wildman–Crippen MR) is 151 cm³/mol. The summed E-state index contributed by atoms with van der Waals surface area (Å²) in [7, 11) is 1.90. The molecule has 1 amide bonds. The number of aliphatic hydroxyl groups is 1. The highest BCUT2D eigenvalue weighted by atomic mass is 32.2. The molecule has 10 nitrogen and oxygen atoms in total. The molecule has 1 aliphatic heterocycles. The van der Waals surface area contributed by atoms with Crippen molar-refractivity contribution in [3.63, 3.8) is 0 Å². The van der Waals surface area contributed by atoms with Crippen molar-refractivity contribution in [3.05, 3.63) is 71.5 Å². The number of ether oxygens (including phenoxy) is 2. The van der Waals surface area contributed by atoms with Gasteiger partial charge >= 0.3 is 5.97 Å². The first kappa shape index (κ1) is 29.7. The molecule has 0 spiro atoms. The Labute approximate surface area is 238 Å². The molecule has 214 valence electrons. The number of carbonyl (C=O) groups excluding carboxylic acids is 1. The lowest BCUT2D eigenvalue weighted by Crippen LogP contribution is -2.31. The number of nitrogens with zero attached hydrogens (tertiary/aromatic N) is 3. The lowest BCUT2D eigenvalue weighted by Gasteiger charge is -2.36. The van der Waals surface area contributed by atoms with Crippen LogP contribution in [0.3, 0.4) is 0 Å². The maximum Gasteiger partial charge on any atom is 0.303 e. The molecule has 0 saturated carbocycles. The van der Waals surface area contributed by atoms with Crippen LogP contribution in [0, 0.1) is 0 Å². The van der Waals surface area contributed by atoms with E-state index in [2.05, 4.69) is 15.5 Å². The molecule has 1 aliphatic rings. The minimum absolute atomic E-state index is 0.0161. The minimum Gasteiger partial charge on any atom is -0.481 e. The van der Waals surface area contributed by atoms with Crippen molar-refractivity contribution in [2.75, 3.05) is 11.1 Å². The third-order valence-corrected chi connectivity index (χ3v) is 7.84. The lowest BCUT2D eigenvalue weighted by molar-refractivity contribution is -0.245. The Morgan fingerprint density at radius 2 is 1.82 bits per heavy atom. The van der Waals surface area contributed by atoms with Crippen molar-refractivity contribution < 1.29 is 29.3 Å². The van der Waals surface area contributed by atoms with Gasteiger partial charge in [0.1, 0.15) is 6.33 Å². The highest BCUT2D eigenvalue weighted by Gasteiger charge is 2.32. The second-order valence-corrected chi connectivity index (χ2v) is 10.9. The summed E-state index contributed by atoms with van der Waals surface area (Å²) in [5, 5.41) is 30.0. The van der Waals surface area contributed by atoms with Gasteiger partial charge in [0.2, 0.25) is 5.91 Å². The molecule has 3 aromatic rings. The number of carbonyl (C=O) groups is 2. The fourth-order valence-corrected chi connectivity index (χ4v) is 5.40. The maximum absolute atomic E-state index is 12.5. The van der Waals surface area contributed by atoms with E-state index in [1.165, 1.54) is 0 Å². The molecule has 0 unspecified atom stereocenters. The smallest absolute Gasteiger partial charge is 0.303 e. The Morgan fingerprint density at radius 3 is 2.52 bits per heavy atom. The third kappa shape index (κ3) is 8.88. The van der Waals surface area contributed by atoms with Crippen molar-refractivity contribution in [3.8, 4) is 0 Å². The number of aryl methyl sites for hydroxylation is 1. The van der Waals surface area contributed by atoms with Gasteiger partial charge in [0.15, 0.2) is 11.4 Å². The van der Waals surface area contributed by atoms with Crippen LogP contribution < -0.4 is 5.32 Å². The lowest BCUT2D eigenvalue weighted by atomic mass is 10.0. The number of aromatic nitrogens is 3. The van der Waals surface area contributed by atoms with Crippen LogP contribution in [-0.2, 0) is 32.7 Å². The van der Waals surface area contributed by atoms with Gasteiger partial charge in [0, 0.05) is 43.3 Å². The molecule has 0 aliphatic carbocycles. The largest absolute Gasteiger partial charge is 0.481 e. The molecular formula is C29H36N4O6S. The molecular weight excluding hydrogens is 532 g/mol. The highest BCUT2D eigenvalue weighted by Crippen LogP contribution is 2.39. The number of amides is 1. The maximum atomic E-state index is 12.5. The molecule has 11 heteroatoms. The Morgan fingerprint density at radius 1 is 1.05 bits per heavy atom. The molecule has 0 bridgehead atoms. The number of carboxylic acid groups (broad SMARTS) is 1. The van der Waals surface area contributed by atoms with Crippen molar-refractivity contribution in [2.24, 2.45) is 7.05 Å². The van der Waals surface area contributed by atoms with Crippen LogP contribution in [0.15, 0.2) is 60.0 Å². The van der Waals surface area contributed by atoms with E-state index >= 15 is 0 Å². The van der Waals surface area contributed by atoms with Gasteiger partial charge in [0.25, 0.3) is 0 Å². The fourth-order valence-electron chi connectivity index (χ4n) is 4.50. The molecule has 2 heterocycles. The van der Waals surface area contributed by atoms with Crippen LogP contribution in [0.2, 0.25) is 0 Å². The van der Waals surface area contributed by atoms with Crippen LogP contribution in [0.5, 0.6) is 0 Å². The van der Waals surface area contributed by atoms with E-state index in [9.17, 15) is 14.7 Å². The molecule has 1 fully saturated rings. The summed E-state index contributed by atoms with van der Waals surface area (Å²) in [6, 6.07) is 15.2. The van der Waals surface area contributed by atoms with Crippen molar-refractivity contribution >= 4 is 29.3 Å². The normalized spacial score (nSPS) is 18.9. The Hall–Kier alpha value is -3.25. The second-order valence-electron chi connectivity index (χ2n) is 9.87. The van der Waals surface area contributed by atoms with Crippen molar-refractivity contribution in [1.82, 2.24) is 14.8 Å². The zero-order valence-electron chi connectivity index (χ0n) is 22.6. The van der Waals surface area contributed by atoms with Gasteiger partial charge in [-0.25, -0.2) is 0 Å². The number of rotatable bonds is 14. The summed E-state index contributed by atoms with van der Waals surface area (Å²) in [6.07, 6.45) is 4.85. The topological polar surface area (TPSA) is 136 Å². The van der Waals surface area contributed by atoms with Crippen LogP contribution in [0.25, 0.3) is 0 Å². The van der Waals surface area contributed by atoms with E-state index in [1.54, 1.807) is 18.1 Å². The van der Waals surface area contributed by atoms with Crippen LogP contribution >= 0.6 is 11.8 Å². The summed E-state index contributed by atoms with van der Waals surface area (Å²) in [5.41, 5.74) is 3.31. The number of hydrogen-bond donors (Lipinski definition) is 3. The minimum atomic E-state index is -0.787. The van der Waals surface area contributed by atoms with E-state index in [4.69, 9.17) is 14.6 Å². The van der Waals surface area contributed by atoms with E-state index in [0.29, 0.717) is 37.1 Å². The van der Waals surface area contributed by atoms with Crippen molar-refractivity contribution in [1.29, 1.82) is 0 Å². The summed E-state index contributed by atoms with van der Waals surface area (Å²) >= 11 is 1.58. The first-order chi connectivity index (χ1) is 19.4. The second kappa shape index (κ2) is 14.9. The van der Waals surface area contributed by atoms with Gasteiger partial charge in [-0.05, 0) is 36.1 Å². The number of unbranched alkanes of at least 4 members (excludes halogenated alkanes) is 3. The SMILES string of the molecule is Cn1cnnc1SC[C@H]1C[C@@H](c2ccc(CO)cc2)O[C@@H](c2cccc(NC(=O)CCCCCCC(=O)O)c2)O1. The van der Waals surface area contributed by atoms with E-state index in [1.807, 2.05) is 60.1 Å². The van der Waals surface area contributed by atoms with Gasteiger partial charge in [0.05, 0.1) is 18.8 Å². The van der Waals surface area contributed by atoms with E-state index in [-0.39, 0.29) is 31.1 Å². The standard InChI is InChI=1S/C29H36N4O6S/c1-33-19-30-32-29(33)40-18-24-16-25(21-13-11-20(17-34)12-14-21)39-28(38-24)22-7-6-8-23(15-22)31-26(35)9-4-2-3-5-10-27(36)37/h6-8,11-15,19,24-25,28,34H,2-5,9-10,16-18H2,1H3,(H,31,35)(H,36,37)/t24-,25+,28+/m1/s1. The van der Waals surface area contributed by atoms with Gasteiger partial charge < -0.3 is 29.6 Å². The number of carboxylic acids is 1. The van der Waals surface area contributed by atoms with Crippen molar-refractivity contribution in [2.45, 2.75) is 75.2 Å². The fraction of sp³-hybridized carbons (Fsp3) is 0.448. The Kier molecular flexibility index (Phi) is 11.1. The average molecular weight is 569 g/mol. The number of aliphatic hydroxyl groups excluding tert-OH is 1. The third-order valence-electron chi connectivity index (χ3n) is 6.67. The molecule has 0 radical (unpaired) electrons. The van der Waals surface area contributed by atoms with Gasteiger partial charge in [-0.2, -0.15) is 0 Å². The number of anilines is 1. The summed E-state index contributed by atoms with van der Waals surface area (Å²) in [5.74, 6) is -0.203. The molecule has 1 saturated heterocycles. The molecule has 4 rings (SSSR count). The van der Waals surface area contributed by atoms with Crippen LogP contribution in [0.4, 0.5) is 5.69 Å². The molecule has 1 aromatic heterocycles. The summed E-state index contributed by atoms with van der Waals surface area (Å²) in [6.45, 7) is -0.0161. The zero-order chi connectivity index (χ0) is 28.3. The molecule has 40 heavy (non-hydrogen) atoms. The summed E-state index contributed by atoms with van der Waals surface area (Å²) < 4.78 is 14.7. The van der Waals surface area contributed by atoms with Crippen LogP contribution in [0.1, 0.15) is 74.0 Å². The first-order valence-corrected chi connectivity index (χ1v) is 14.5. The molecule has 3 atom stereocenters. The van der Waals surface area contributed by atoms with Crippen LogP contribution in [-0.4, -0.2) is 48.7 Å². The predicted octanol–water partition coefficient (Wildman–Crippen LogP) is 5.01. The molecule has 2 aromatic carbocycles. The Balaban J connectivity index is 1.40. The first-order valence-electron chi connectivity index (χ1n) is 13.5. The van der Waals surface area contributed by atoms with Gasteiger partial charge in [-0.3, -0.25) is 9.59 Å². The number of aliphatic carboxylic acids is 1. The highest BCUT2D eigenvalue weighted by molar-refractivity contribution is 7.99. The van der Waals surface area contributed by atoms with Gasteiger partial charge in [-0.15, -0.1) is 10.2 Å². The average Bonchev–Trinajstić information content (AvgIpc) is 3.38. The number of nitrogens with one attached hydrogen (secondary N) is 1. The number of thioether (sulfide) groups is 1. The number of benzene rings is 2. The Bertz CT molecular complexity index is 1250. The summed E-state index contributed by atoms with van der Waals surface area (Å²) in [4.78, 5) is 23.1. The molecule has 3 N–H and O–H groups in total. The van der Waals surface area contributed by atoms with E-state index in [0.717, 1.165) is 34.7 Å². The number of hydrogen-bond acceptors (Lipinski definition) is 8. The van der Waals surface area contributed by atoms with Gasteiger partial charge in [-0.1, -0.05) is 61.0 Å².